The summed E-state index contributed by atoms with van der Waals surface area (Å²) in [5.74, 6) is 0.977. The normalized spacial score (nSPS) is 27.3. The van der Waals surface area contributed by atoms with E-state index in [1.807, 2.05) is 0 Å². The number of rotatable bonds is 3. The Labute approximate surface area is 226 Å². The molecule has 4 atom stereocenters. The van der Waals surface area contributed by atoms with E-state index in [9.17, 15) is 5.26 Å². The average Bonchev–Trinajstić information content (AvgIpc) is 2.94. The van der Waals surface area contributed by atoms with Gasteiger partial charge in [0.2, 0.25) is 0 Å². The van der Waals surface area contributed by atoms with Crippen molar-refractivity contribution in [2.75, 3.05) is 4.90 Å². The van der Waals surface area contributed by atoms with Gasteiger partial charge in [-0.05, 0) is 52.3 Å². The molecule has 2 aromatic carbocycles. The molecule has 6 rings (SSSR count). The summed E-state index contributed by atoms with van der Waals surface area (Å²) in [6.07, 6.45) is 17.3. The van der Waals surface area contributed by atoms with E-state index in [-0.39, 0.29) is 23.3 Å². The summed E-state index contributed by atoms with van der Waals surface area (Å²) in [5.41, 5.74) is 10.1. The summed E-state index contributed by atoms with van der Waals surface area (Å²) in [4.78, 5) is 6.87. The van der Waals surface area contributed by atoms with Crippen molar-refractivity contribution < 1.29 is 0 Å². The maximum absolute atomic E-state index is 9.47. The second-order valence-corrected chi connectivity index (χ2v) is 11.6. The maximum Gasteiger partial charge on any atom is 0.118 e. The predicted octanol–water partition coefficient (Wildman–Crippen LogP) is 8.26. The minimum atomic E-state index is 0.00164. The lowest BCUT2D eigenvalue weighted by Crippen LogP contribution is -2.45. The Morgan fingerprint density at radius 3 is 2.61 bits per heavy atom. The summed E-state index contributed by atoms with van der Waals surface area (Å²) < 4.78 is 0. The molecule has 3 heteroatoms. The molecule has 0 saturated carbocycles. The zero-order valence-corrected chi connectivity index (χ0v) is 22.7. The predicted molar refractivity (Wildman–Crippen MR) is 158 cm³/mol. The molecule has 0 saturated heterocycles. The van der Waals surface area contributed by atoms with Crippen molar-refractivity contribution in [3.8, 4) is 6.07 Å². The molecule has 0 aromatic heterocycles. The van der Waals surface area contributed by atoms with Gasteiger partial charge in [-0.25, -0.2) is 0 Å². The number of allylic oxidation sites excluding steroid dienone is 6. The number of hydrogen-bond donors (Lipinski definition) is 0. The van der Waals surface area contributed by atoms with Crippen LogP contribution in [0.1, 0.15) is 63.1 Å². The van der Waals surface area contributed by atoms with Gasteiger partial charge in [-0.1, -0.05) is 101 Å². The zero-order chi connectivity index (χ0) is 26.4. The quantitative estimate of drug-likeness (QED) is 0.428. The first-order chi connectivity index (χ1) is 18.4. The van der Waals surface area contributed by atoms with E-state index in [0.29, 0.717) is 18.1 Å². The molecule has 2 aliphatic heterocycles. The standard InChI is InChI=1S/C35H35N3/c1-23-16-17-34-31(20-23)35(3,4)30-13-7-8-14-33(30)38(34)32-15-9-12-27(24(32)2)29-11-6-5-10-28(29)25-18-19-37-26(21-25)22-36/h5-19,23-25,32H,20-21H2,1-4H3. The number of benzene rings is 2. The molecule has 2 heterocycles. The first kappa shape index (κ1) is 24.4. The fourth-order valence-electron chi connectivity index (χ4n) is 6.83. The summed E-state index contributed by atoms with van der Waals surface area (Å²) >= 11 is 0. The van der Waals surface area contributed by atoms with Crippen LogP contribution in [0.4, 0.5) is 5.69 Å². The van der Waals surface area contributed by atoms with Crippen LogP contribution in [0.5, 0.6) is 0 Å². The van der Waals surface area contributed by atoms with Crippen molar-refractivity contribution >= 4 is 17.0 Å². The van der Waals surface area contributed by atoms with Gasteiger partial charge in [-0.3, -0.25) is 4.99 Å². The molecule has 0 N–H and O–H groups in total. The molecule has 2 aromatic rings. The number of para-hydroxylation sites is 1. The SMILES string of the molecule is CC1C=CC2=C(C1)C(C)(C)c1ccccc1N2C1C=CC=C(c2ccccc2C2C=CN=C(C#N)C2)C1C. The van der Waals surface area contributed by atoms with E-state index in [2.05, 4.69) is 129 Å². The van der Waals surface area contributed by atoms with Crippen molar-refractivity contribution in [3.05, 3.63) is 119 Å². The van der Waals surface area contributed by atoms with Crippen molar-refractivity contribution in [2.24, 2.45) is 16.8 Å². The second kappa shape index (κ2) is 9.44. The molecular weight excluding hydrogens is 462 g/mol. The molecule has 2 aliphatic carbocycles. The molecule has 0 fully saturated rings. The van der Waals surface area contributed by atoms with Gasteiger partial charge >= 0.3 is 0 Å². The lowest BCUT2D eigenvalue weighted by Gasteiger charge is -2.49. The highest BCUT2D eigenvalue weighted by atomic mass is 15.2. The number of fused-ring (bicyclic) bond motifs is 1. The molecule has 4 aliphatic rings. The first-order valence-electron chi connectivity index (χ1n) is 13.8. The number of anilines is 1. The number of nitrogens with zero attached hydrogens (tertiary/aromatic N) is 3. The fourth-order valence-corrected chi connectivity index (χ4v) is 6.83. The van der Waals surface area contributed by atoms with Crippen LogP contribution in [0.3, 0.4) is 0 Å². The minimum absolute atomic E-state index is 0.00164. The third-order valence-corrected chi connectivity index (χ3v) is 8.92. The average molecular weight is 498 g/mol. The Bertz CT molecular complexity index is 1500. The van der Waals surface area contributed by atoms with Crippen molar-refractivity contribution in [2.45, 2.75) is 57.9 Å². The summed E-state index contributed by atoms with van der Waals surface area (Å²) in [6.45, 7) is 9.48. The molecule has 0 spiro atoms. The van der Waals surface area contributed by atoms with Gasteiger partial charge in [0.15, 0.2) is 0 Å². The highest BCUT2D eigenvalue weighted by molar-refractivity contribution is 6.00. The smallest absolute Gasteiger partial charge is 0.118 e. The van der Waals surface area contributed by atoms with Gasteiger partial charge < -0.3 is 4.90 Å². The van der Waals surface area contributed by atoms with Crippen molar-refractivity contribution in [3.63, 3.8) is 0 Å². The highest BCUT2D eigenvalue weighted by Crippen LogP contribution is 2.51. The number of hydrogen-bond acceptors (Lipinski definition) is 3. The van der Waals surface area contributed by atoms with E-state index in [1.54, 1.807) is 11.8 Å². The second-order valence-electron chi connectivity index (χ2n) is 11.6. The molecule has 0 bridgehead atoms. The fraction of sp³-hybridized carbons (Fsp3) is 0.314. The van der Waals surface area contributed by atoms with Crippen LogP contribution in [0.25, 0.3) is 5.57 Å². The van der Waals surface area contributed by atoms with E-state index < -0.39 is 0 Å². The molecule has 0 radical (unpaired) electrons. The number of nitriles is 1. The van der Waals surface area contributed by atoms with Crippen LogP contribution in [0, 0.1) is 23.2 Å². The van der Waals surface area contributed by atoms with Crippen LogP contribution < -0.4 is 4.90 Å². The molecule has 38 heavy (non-hydrogen) atoms. The zero-order valence-electron chi connectivity index (χ0n) is 22.7. The van der Waals surface area contributed by atoms with Gasteiger partial charge in [0.1, 0.15) is 11.8 Å². The molecule has 0 amide bonds. The Kier molecular flexibility index (Phi) is 6.07. The monoisotopic (exact) mass is 497 g/mol. The van der Waals surface area contributed by atoms with Crippen LogP contribution in [-0.2, 0) is 5.41 Å². The summed E-state index contributed by atoms with van der Waals surface area (Å²) in [5, 5.41) is 9.47. The molecule has 3 nitrogen and oxygen atoms in total. The third kappa shape index (κ3) is 3.91. The lowest BCUT2D eigenvalue weighted by molar-refractivity contribution is 0.508. The van der Waals surface area contributed by atoms with Gasteiger partial charge in [0.05, 0.1) is 6.04 Å². The van der Waals surface area contributed by atoms with Crippen LogP contribution >= 0.6 is 0 Å². The van der Waals surface area contributed by atoms with Crippen molar-refractivity contribution in [1.29, 1.82) is 5.26 Å². The summed E-state index contributed by atoms with van der Waals surface area (Å²) in [7, 11) is 0. The van der Waals surface area contributed by atoms with E-state index in [1.165, 1.54) is 33.6 Å². The Balaban J connectivity index is 1.42. The van der Waals surface area contributed by atoms with E-state index in [0.717, 1.165) is 6.42 Å². The third-order valence-electron chi connectivity index (χ3n) is 8.92. The topological polar surface area (TPSA) is 39.4 Å². The Hall–Kier alpha value is -3.90. The van der Waals surface area contributed by atoms with Crippen LogP contribution in [0.2, 0.25) is 0 Å². The minimum Gasteiger partial charge on any atom is -0.334 e. The largest absolute Gasteiger partial charge is 0.334 e. The Morgan fingerprint density at radius 2 is 1.76 bits per heavy atom. The van der Waals surface area contributed by atoms with Gasteiger partial charge in [-0.15, -0.1) is 0 Å². The Morgan fingerprint density at radius 1 is 0.974 bits per heavy atom. The molecular formula is C35H35N3. The first-order valence-corrected chi connectivity index (χ1v) is 13.8. The van der Waals surface area contributed by atoms with E-state index in [4.69, 9.17) is 0 Å². The molecule has 190 valence electrons. The van der Waals surface area contributed by atoms with Gasteiger partial charge in [0, 0.05) is 41.3 Å². The highest BCUT2D eigenvalue weighted by Gasteiger charge is 2.42. The van der Waals surface area contributed by atoms with Crippen molar-refractivity contribution in [1.82, 2.24) is 0 Å². The number of aliphatic imine (C=N–C) groups is 1. The van der Waals surface area contributed by atoms with Gasteiger partial charge in [-0.2, -0.15) is 5.26 Å². The molecule has 4 unspecified atom stereocenters. The lowest BCUT2D eigenvalue weighted by atomic mass is 9.68. The van der Waals surface area contributed by atoms with Crippen LogP contribution in [0.15, 0.2) is 107 Å². The maximum atomic E-state index is 9.47. The summed E-state index contributed by atoms with van der Waals surface area (Å²) in [6, 6.07) is 20.2. The van der Waals surface area contributed by atoms with Gasteiger partial charge in [0.25, 0.3) is 0 Å². The van der Waals surface area contributed by atoms with Crippen LogP contribution in [-0.4, -0.2) is 11.8 Å². The van der Waals surface area contributed by atoms with E-state index >= 15 is 0 Å².